The van der Waals surface area contributed by atoms with Gasteiger partial charge in [0.25, 0.3) is 5.56 Å². The van der Waals surface area contributed by atoms with Crippen LogP contribution in [-0.2, 0) is 0 Å². The number of aryl methyl sites for hydroxylation is 1. The summed E-state index contributed by atoms with van der Waals surface area (Å²) in [5, 5.41) is 11.9. The van der Waals surface area contributed by atoms with Crippen LogP contribution in [0.25, 0.3) is 16.9 Å². The first-order valence-electron chi connectivity index (χ1n) is 6.63. The van der Waals surface area contributed by atoms with E-state index in [1.165, 1.54) is 10.7 Å². The van der Waals surface area contributed by atoms with E-state index in [1.54, 1.807) is 12.3 Å². The lowest BCUT2D eigenvalue weighted by atomic mass is 9.98. The SMILES string of the molecule is Cc1occc1-c1nc2c(C#N)c[nH]n2c(=O)c1C(C)C. The van der Waals surface area contributed by atoms with E-state index < -0.39 is 0 Å². The van der Waals surface area contributed by atoms with Crippen LogP contribution in [0.1, 0.15) is 36.7 Å². The Morgan fingerprint density at radius 1 is 1.48 bits per heavy atom. The van der Waals surface area contributed by atoms with E-state index >= 15 is 0 Å². The van der Waals surface area contributed by atoms with Gasteiger partial charge in [-0.1, -0.05) is 13.8 Å². The number of aromatic nitrogens is 3. The molecule has 6 heteroatoms. The Morgan fingerprint density at radius 3 is 2.81 bits per heavy atom. The fourth-order valence-corrected chi connectivity index (χ4v) is 2.47. The van der Waals surface area contributed by atoms with Crippen molar-refractivity contribution in [2.75, 3.05) is 0 Å². The number of aromatic amines is 1. The van der Waals surface area contributed by atoms with Crippen molar-refractivity contribution < 1.29 is 4.42 Å². The van der Waals surface area contributed by atoms with Crippen molar-refractivity contribution in [3.05, 3.63) is 45.8 Å². The van der Waals surface area contributed by atoms with E-state index in [2.05, 4.69) is 10.1 Å². The van der Waals surface area contributed by atoms with Crippen LogP contribution in [0.2, 0.25) is 0 Å². The predicted molar refractivity (Wildman–Crippen MR) is 77.1 cm³/mol. The highest BCUT2D eigenvalue weighted by atomic mass is 16.3. The number of nitriles is 1. The molecule has 0 amide bonds. The number of H-pyrrole nitrogens is 1. The van der Waals surface area contributed by atoms with E-state index in [9.17, 15) is 4.79 Å². The van der Waals surface area contributed by atoms with Crippen molar-refractivity contribution in [3.8, 4) is 17.3 Å². The molecule has 0 saturated heterocycles. The molecule has 0 bridgehead atoms. The van der Waals surface area contributed by atoms with Crippen LogP contribution in [0, 0.1) is 18.3 Å². The minimum Gasteiger partial charge on any atom is -0.469 e. The molecule has 0 aromatic carbocycles. The molecule has 21 heavy (non-hydrogen) atoms. The van der Waals surface area contributed by atoms with Gasteiger partial charge >= 0.3 is 0 Å². The average molecular weight is 282 g/mol. The molecule has 106 valence electrons. The van der Waals surface area contributed by atoms with E-state index in [0.29, 0.717) is 28.2 Å². The minimum absolute atomic E-state index is 0.0000331. The third-order valence-corrected chi connectivity index (χ3v) is 3.51. The van der Waals surface area contributed by atoms with E-state index in [0.717, 1.165) is 5.56 Å². The van der Waals surface area contributed by atoms with Crippen molar-refractivity contribution in [2.45, 2.75) is 26.7 Å². The second-order valence-corrected chi connectivity index (χ2v) is 5.18. The standard InChI is InChI=1S/C15H14N4O2/c1-8(2)12-13(11-4-5-21-9(11)3)18-14-10(6-16)7-17-19(14)15(12)20/h4-5,7-8,17H,1-3H3. The lowest BCUT2D eigenvalue weighted by Crippen LogP contribution is -2.22. The topological polar surface area (TPSA) is 87.1 Å². The highest BCUT2D eigenvalue weighted by molar-refractivity contribution is 5.69. The average Bonchev–Trinajstić information content (AvgIpc) is 3.03. The quantitative estimate of drug-likeness (QED) is 0.782. The van der Waals surface area contributed by atoms with Crippen LogP contribution >= 0.6 is 0 Å². The van der Waals surface area contributed by atoms with Crippen LogP contribution in [0.5, 0.6) is 0 Å². The Bertz CT molecular complexity index is 921. The smallest absolute Gasteiger partial charge is 0.276 e. The molecule has 0 atom stereocenters. The highest BCUT2D eigenvalue weighted by Crippen LogP contribution is 2.29. The van der Waals surface area contributed by atoms with E-state index in [1.807, 2.05) is 26.8 Å². The van der Waals surface area contributed by atoms with Crippen LogP contribution in [0.4, 0.5) is 0 Å². The Morgan fingerprint density at radius 2 is 2.24 bits per heavy atom. The fraction of sp³-hybridized carbons (Fsp3) is 0.267. The minimum atomic E-state index is -0.188. The van der Waals surface area contributed by atoms with Gasteiger partial charge in [0, 0.05) is 17.3 Å². The fourth-order valence-electron chi connectivity index (χ4n) is 2.47. The van der Waals surface area contributed by atoms with Gasteiger partial charge in [-0.15, -0.1) is 0 Å². The molecular formula is C15H14N4O2. The van der Waals surface area contributed by atoms with Gasteiger partial charge in [0.2, 0.25) is 0 Å². The number of hydrogen-bond donors (Lipinski definition) is 1. The Kier molecular flexibility index (Phi) is 2.91. The second-order valence-electron chi connectivity index (χ2n) is 5.18. The normalized spacial score (nSPS) is 11.2. The maximum atomic E-state index is 12.7. The van der Waals surface area contributed by atoms with Crippen molar-refractivity contribution >= 4 is 5.65 Å². The van der Waals surface area contributed by atoms with Crippen molar-refractivity contribution in [3.63, 3.8) is 0 Å². The Balaban J connectivity index is 2.47. The van der Waals surface area contributed by atoms with Gasteiger partial charge in [0.1, 0.15) is 17.4 Å². The summed E-state index contributed by atoms with van der Waals surface area (Å²) in [7, 11) is 0. The summed E-state index contributed by atoms with van der Waals surface area (Å²) in [5.74, 6) is 0.697. The van der Waals surface area contributed by atoms with Gasteiger partial charge in [-0.2, -0.15) is 5.26 Å². The first-order valence-corrected chi connectivity index (χ1v) is 6.63. The number of nitrogens with zero attached hydrogens (tertiary/aromatic N) is 3. The lowest BCUT2D eigenvalue weighted by molar-refractivity contribution is 0.535. The van der Waals surface area contributed by atoms with E-state index in [4.69, 9.17) is 9.68 Å². The van der Waals surface area contributed by atoms with Gasteiger partial charge in [-0.05, 0) is 18.9 Å². The van der Waals surface area contributed by atoms with Gasteiger partial charge in [-0.25, -0.2) is 9.50 Å². The maximum absolute atomic E-state index is 12.7. The third kappa shape index (κ3) is 1.86. The van der Waals surface area contributed by atoms with Gasteiger partial charge in [0.15, 0.2) is 5.65 Å². The van der Waals surface area contributed by atoms with Crippen LogP contribution in [-0.4, -0.2) is 14.6 Å². The number of fused-ring (bicyclic) bond motifs is 1. The molecule has 3 aromatic heterocycles. The predicted octanol–water partition coefficient (Wildman–Crippen LogP) is 2.59. The van der Waals surface area contributed by atoms with Gasteiger partial charge in [0.05, 0.1) is 12.0 Å². The molecule has 3 aromatic rings. The lowest BCUT2D eigenvalue weighted by Gasteiger charge is -2.11. The molecule has 6 nitrogen and oxygen atoms in total. The summed E-state index contributed by atoms with van der Waals surface area (Å²) < 4.78 is 6.63. The number of rotatable bonds is 2. The summed E-state index contributed by atoms with van der Waals surface area (Å²) in [6, 6.07) is 3.83. The number of furan rings is 1. The molecule has 0 saturated carbocycles. The van der Waals surface area contributed by atoms with Gasteiger partial charge < -0.3 is 4.42 Å². The molecule has 0 aliphatic carbocycles. The van der Waals surface area contributed by atoms with Crippen LogP contribution in [0.15, 0.2) is 27.7 Å². The molecular weight excluding hydrogens is 268 g/mol. The first kappa shape index (κ1) is 13.2. The molecule has 0 radical (unpaired) electrons. The van der Waals surface area contributed by atoms with E-state index in [-0.39, 0.29) is 11.5 Å². The zero-order valence-corrected chi connectivity index (χ0v) is 12.0. The highest BCUT2D eigenvalue weighted by Gasteiger charge is 2.21. The third-order valence-electron chi connectivity index (χ3n) is 3.51. The zero-order valence-electron chi connectivity index (χ0n) is 12.0. The second kappa shape index (κ2) is 4.63. The molecule has 0 fully saturated rings. The van der Waals surface area contributed by atoms with Crippen molar-refractivity contribution in [1.29, 1.82) is 5.26 Å². The largest absolute Gasteiger partial charge is 0.469 e. The summed E-state index contributed by atoms with van der Waals surface area (Å²) in [4.78, 5) is 17.2. The zero-order chi connectivity index (χ0) is 15.1. The molecule has 0 aliphatic heterocycles. The summed E-state index contributed by atoms with van der Waals surface area (Å²) in [6.07, 6.45) is 3.06. The molecule has 0 spiro atoms. The molecule has 0 aliphatic rings. The van der Waals surface area contributed by atoms with Crippen molar-refractivity contribution in [2.24, 2.45) is 0 Å². The molecule has 1 N–H and O–H groups in total. The Hall–Kier alpha value is -2.81. The van der Waals surface area contributed by atoms with Crippen molar-refractivity contribution in [1.82, 2.24) is 14.6 Å². The molecule has 3 heterocycles. The van der Waals surface area contributed by atoms with Crippen LogP contribution in [0.3, 0.4) is 0 Å². The van der Waals surface area contributed by atoms with Crippen LogP contribution < -0.4 is 5.56 Å². The number of hydrogen-bond acceptors (Lipinski definition) is 4. The summed E-state index contributed by atoms with van der Waals surface area (Å²) in [6.45, 7) is 5.71. The summed E-state index contributed by atoms with van der Waals surface area (Å²) in [5.41, 5.74) is 2.45. The number of nitrogens with one attached hydrogen (secondary N) is 1. The monoisotopic (exact) mass is 282 g/mol. The summed E-state index contributed by atoms with van der Waals surface area (Å²) >= 11 is 0. The maximum Gasteiger partial charge on any atom is 0.276 e. The Labute approximate surface area is 120 Å². The molecule has 3 rings (SSSR count). The van der Waals surface area contributed by atoms with Gasteiger partial charge in [-0.3, -0.25) is 9.89 Å². The first-order chi connectivity index (χ1) is 10.0. The molecule has 0 unspecified atom stereocenters.